The van der Waals surface area contributed by atoms with Gasteiger partial charge in [-0.1, -0.05) is 182 Å². The fraction of sp³-hybridized carbons (Fsp3) is 0. The van der Waals surface area contributed by atoms with Gasteiger partial charge in [-0.15, -0.1) is 0 Å². The number of benzene rings is 10. The molecule has 0 bridgehead atoms. The molecule has 0 N–H and O–H groups in total. The van der Waals surface area contributed by atoms with E-state index < -0.39 is 0 Å². The van der Waals surface area contributed by atoms with Gasteiger partial charge in [0, 0.05) is 33.2 Å². The maximum Gasteiger partial charge on any atom is 0.161 e. The average Bonchev–Trinajstić information content (AvgIpc) is 3.67. The van der Waals surface area contributed by atoms with Gasteiger partial charge in [0.05, 0.1) is 22.4 Å². The van der Waals surface area contributed by atoms with Crippen LogP contribution in [0.1, 0.15) is 0 Å². The summed E-state index contributed by atoms with van der Waals surface area (Å²) in [6.45, 7) is 0. The highest BCUT2D eigenvalue weighted by molar-refractivity contribution is 6.09. The molecule has 284 valence electrons. The Morgan fingerprint density at radius 1 is 0.279 bits per heavy atom. The lowest BCUT2D eigenvalue weighted by molar-refractivity contribution is 1.18. The molecule has 12 aromatic rings. The van der Waals surface area contributed by atoms with Crippen LogP contribution in [0.15, 0.2) is 224 Å². The van der Waals surface area contributed by atoms with E-state index in [1.54, 1.807) is 0 Å². The van der Waals surface area contributed by atoms with Crippen LogP contribution in [0.2, 0.25) is 0 Å². The zero-order chi connectivity index (χ0) is 40.3. The monoisotopic (exact) mass is 775 g/mol. The fourth-order valence-electron chi connectivity index (χ4n) is 9.16. The van der Waals surface area contributed by atoms with Crippen molar-refractivity contribution in [1.82, 2.24) is 14.5 Å². The summed E-state index contributed by atoms with van der Waals surface area (Å²) < 4.78 is 2.36. The second-order valence-electron chi connectivity index (χ2n) is 15.8. The molecule has 2 aromatic heterocycles. The Morgan fingerprint density at radius 2 is 0.721 bits per heavy atom. The van der Waals surface area contributed by atoms with Crippen molar-refractivity contribution in [2.45, 2.75) is 0 Å². The molecular formula is C58H37N3. The average molecular weight is 776 g/mol. The molecule has 3 nitrogen and oxygen atoms in total. The molecule has 2 heterocycles. The standard InChI is InChI=1S/C58H37N3/c1-3-15-48-40(11-1)13-9-19-50(48)55-37-54(59-58(60-55)53-20-10-14-41-12-2-4-16-49(41)53)42-25-23-38(24-26-42)43-27-29-46-36-44(28-30-45(46)35-43)39-31-33-47(34-32-39)61-56-21-7-5-17-51(56)52-18-6-8-22-57(52)61/h1-37H. The van der Waals surface area contributed by atoms with Gasteiger partial charge in [0.2, 0.25) is 0 Å². The number of fused-ring (bicyclic) bond motifs is 6. The molecule has 0 amide bonds. The molecule has 0 atom stereocenters. The van der Waals surface area contributed by atoms with Crippen LogP contribution in [0.5, 0.6) is 0 Å². The number of rotatable bonds is 6. The second kappa shape index (κ2) is 14.3. The van der Waals surface area contributed by atoms with Crippen molar-refractivity contribution in [3.05, 3.63) is 224 Å². The molecule has 0 aliphatic rings. The van der Waals surface area contributed by atoms with Crippen molar-refractivity contribution in [3.8, 4) is 61.8 Å². The van der Waals surface area contributed by atoms with E-state index in [0.717, 1.165) is 44.7 Å². The van der Waals surface area contributed by atoms with Gasteiger partial charge in [-0.2, -0.15) is 0 Å². The highest BCUT2D eigenvalue weighted by Gasteiger charge is 2.16. The Morgan fingerprint density at radius 3 is 1.33 bits per heavy atom. The Hall–Kier alpha value is -8.14. The highest BCUT2D eigenvalue weighted by atomic mass is 15.0. The van der Waals surface area contributed by atoms with E-state index in [4.69, 9.17) is 9.97 Å². The molecule has 0 aliphatic heterocycles. The van der Waals surface area contributed by atoms with Crippen molar-refractivity contribution < 1.29 is 0 Å². The molecule has 0 radical (unpaired) electrons. The van der Waals surface area contributed by atoms with Crippen molar-refractivity contribution in [2.75, 3.05) is 0 Å². The molecule has 0 saturated heterocycles. The summed E-state index contributed by atoms with van der Waals surface area (Å²) in [5, 5.41) is 9.64. The Kier molecular flexibility index (Phi) is 8.17. The predicted octanol–water partition coefficient (Wildman–Crippen LogP) is 15.4. The molecule has 61 heavy (non-hydrogen) atoms. The molecule has 0 spiro atoms. The van der Waals surface area contributed by atoms with Crippen LogP contribution >= 0.6 is 0 Å². The summed E-state index contributed by atoms with van der Waals surface area (Å²) >= 11 is 0. The van der Waals surface area contributed by atoms with Gasteiger partial charge in [-0.3, -0.25) is 0 Å². The number of hydrogen-bond acceptors (Lipinski definition) is 2. The smallest absolute Gasteiger partial charge is 0.161 e. The lowest BCUT2D eigenvalue weighted by atomic mass is 9.96. The van der Waals surface area contributed by atoms with Gasteiger partial charge in [0.15, 0.2) is 5.82 Å². The zero-order valence-electron chi connectivity index (χ0n) is 33.2. The van der Waals surface area contributed by atoms with Gasteiger partial charge in [0.1, 0.15) is 0 Å². The third-order valence-electron chi connectivity index (χ3n) is 12.2. The minimum absolute atomic E-state index is 0.717. The topological polar surface area (TPSA) is 30.7 Å². The lowest BCUT2D eigenvalue weighted by Crippen LogP contribution is -1.97. The molecule has 3 heteroatoms. The SMILES string of the molecule is c1ccc2c(-c3cc(-c4ccc(-c5ccc6cc(-c7ccc(-n8c9ccccc9c9ccccc98)cc7)ccc6c5)cc4)nc(-c4cccc5ccccc45)n3)cccc2c1. The van der Waals surface area contributed by atoms with Crippen LogP contribution in [0, 0.1) is 0 Å². The maximum atomic E-state index is 5.24. The zero-order valence-corrected chi connectivity index (χ0v) is 33.2. The number of hydrogen-bond donors (Lipinski definition) is 0. The molecule has 0 aliphatic carbocycles. The van der Waals surface area contributed by atoms with E-state index in [-0.39, 0.29) is 0 Å². The summed E-state index contributed by atoms with van der Waals surface area (Å²) in [7, 11) is 0. The van der Waals surface area contributed by atoms with E-state index in [2.05, 4.69) is 229 Å². The highest BCUT2D eigenvalue weighted by Crippen LogP contribution is 2.37. The van der Waals surface area contributed by atoms with Gasteiger partial charge in [-0.05, 0) is 97.0 Å². The first-order chi connectivity index (χ1) is 30.2. The van der Waals surface area contributed by atoms with Crippen molar-refractivity contribution in [2.24, 2.45) is 0 Å². The van der Waals surface area contributed by atoms with Gasteiger partial charge >= 0.3 is 0 Å². The van der Waals surface area contributed by atoms with E-state index in [1.807, 2.05) is 0 Å². The predicted molar refractivity (Wildman–Crippen MR) is 256 cm³/mol. The summed E-state index contributed by atoms with van der Waals surface area (Å²) in [5.41, 5.74) is 13.3. The minimum Gasteiger partial charge on any atom is -0.309 e. The first kappa shape index (κ1) is 34.9. The van der Waals surface area contributed by atoms with Crippen LogP contribution in [0.25, 0.3) is 116 Å². The Bertz CT molecular complexity index is 3470. The maximum absolute atomic E-state index is 5.24. The molecule has 0 fully saturated rings. The second-order valence-corrected chi connectivity index (χ2v) is 15.8. The normalized spacial score (nSPS) is 11.6. The molecular weight excluding hydrogens is 739 g/mol. The van der Waals surface area contributed by atoms with Crippen LogP contribution in [0.3, 0.4) is 0 Å². The van der Waals surface area contributed by atoms with E-state index in [0.29, 0.717) is 5.82 Å². The number of aromatic nitrogens is 3. The first-order valence-electron chi connectivity index (χ1n) is 20.8. The van der Waals surface area contributed by atoms with Crippen LogP contribution < -0.4 is 0 Å². The van der Waals surface area contributed by atoms with Crippen molar-refractivity contribution in [1.29, 1.82) is 0 Å². The molecule has 12 rings (SSSR count). The van der Waals surface area contributed by atoms with Crippen LogP contribution in [-0.2, 0) is 0 Å². The van der Waals surface area contributed by atoms with Gasteiger partial charge in [-0.25, -0.2) is 9.97 Å². The summed E-state index contributed by atoms with van der Waals surface area (Å²) in [6, 6.07) is 80.5. The third-order valence-corrected chi connectivity index (χ3v) is 12.2. The van der Waals surface area contributed by atoms with E-state index in [9.17, 15) is 0 Å². The largest absolute Gasteiger partial charge is 0.309 e. The fourth-order valence-corrected chi connectivity index (χ4v) is 9.16. The minimum atomic E-state index is 0.717. The number of nitrogens with zero attached hydrogens (tertiary/aromatic N) is 3. The van der Waals surface area contributed by atoms with Gasteiger partial charge < -0.3 is 4.57 Å². The first-order valence-corrected chi connectivity index (χ1v) is 20.8. The van der Waals surface area contributed by atoms with E-state index >= 15 is 0 Å². The van der Waals surface area contributed by atoms with Crippen LogP contribution in [-0.4, -0.2) is 14.5 Å². The van der Waals surface area contributed by atoms with Crippen LogP contribution in [0.4, 0.5) is 0 Å². The van der Waals surface area contributed by atoms with Crippen molar-refractivity contribution in [3.63, 3.8) is 0 Å². The lowest BCUT2D eigenvalue weighted by Gasteiger charge is -2.13. The Labute approximate surface area is 353 Å². The van der Waals surface area contributed by atoms with Crippen molar-refractivity contribution >= 4 is 54.1 Å². The summed E-state index contributed by atoms with van der Waals surface area (Å²) in [6.07, 6.45) is 0. The summed E-state index contributed by atoms with van der Waals surface area (Å²) in [4.78, 5) is 10.5. The molecule has 10 aromatic carbocycles. The third kappa shape index (κ3) is 6.06. The Balaban J connectivity index is 0.867. The molecule has 0 unspecified atom stereocenters. The van der Waals surface area contributed by atoms with Gasteiger partial charge in [0.25, 0.3) is 0 Å². The quantitative estimate of drug-likeness (QED) is 0.168. The summed E-state index contributed by atoms with van der Waals surface area (Å²) in [5.74, 6) is 0.717. The number of para-hydroxylation sites is 2. The van der Waals surface area contributed by atoms with E-state index in [1.165, 1.54) is 65.4 Å². The molecule has 0 saturated carbocycles.